The highest BCUT2D eigenvalue weighted by Crippen LogP contribution is 2.39. The maximum atomic E-state index is 12.2. The number of halogens is 1. The second-order valence-electron chi connectivity index (χ2n) is 6.74. The average molecular weight is 388 g/mol. The molecule has 1 heterocycles. The molecule has 2 amide bonds. The van der Waals surface area contributed by atoms with Crippen molar-refractivity contribution < 1.29 is 17.9 Å². The molecule has 1 aromatic carbocycles. The number of benzene rings is 1. The molecule has 1 aromatic rings. The molecule has 1 spiro atoms. The summed E-state index contributed by atoms with van der Waals surface area (Å²) in [7, 11) is -3.87. The third-order valence-electron chi connectivity index (χ3n) is 4.82. The zero-order valence-electron chi connectivity index (χ0n) is 13.8. The van der Waals surface area contributed by atoms with Gasteiger partial charge in [-0.1, -0.05) is 30.9 Å². The number of nitrogens with two attached hydrogens (primary N) is 1. The normalized spacial score (nSPS) is 22.7. The van der Waals surface area contributed by atoms with Crippen LogP contribution < -0.4 is 15.8 Å². The Balaban J connectivity index is 1.62. The van der Waals surface area contributed by atoms with E-state index in [2.05, 4.69) is 10.6 Å². The first kappa shape index (κ1) is 18.4. The van der Waals surface area contributed by atoms with Gasteiger partial charge in [-0.25, -0.2) is 18.4 Å². The van der Waals surface area contributed by atoms with Crippen molar-refractivity contribution in [3.8, 4) is 0 Å². The second kappa shape index (κ2) is 7.11. The van der Waals surface area contributed by atoms with Crippen LogP contribution in [0.1, 0.15) is 38.5 Å². The predicted molar refractivity (Wildman–Crippen MR) is 95.2 cm³/mol. The maximum absolute atomic E-state index is 12.2. The van der Waals surface area contributed by atoms with Crippen molar-refractivity contribution in [1.82, 2.24) is 5.32 Å². The maximum Gasteiger partial charge on any atom is 0.319 e. The molecule has 0 aromatic heterocycles. The molecule has 2 fully saturated rings. The fraction of sp³-hybridized carbons (Fsp3) is 0.562. The molecule has 1 aliphatic heterocycles. The highest BCUT2D eigenvalue weighted by atomic mass is 35.5. The number of urea groups is 1. The fourth-order valence-corrected chi connectivity index (χ4v) is 4.31. The van der Waals surface area contributed by atoms with E-state index in [1.165, 1.54) is 24.6 Å². The van der Waals surface area contributed by atoms with Gasteiger partial charge in [0.2, 0.25) is 10.0 Å². The molecular weight excluding hydrogens is 366 g/mol. The Labute approximate surface area is 152 Å². The Kier molecular flexibility index (Phi) is 5.24. The van der Waals surface area contributed by atoms with E-state index in [0.717, 1.165) is 32.1 Å². The molecule has 1 aliphatic carbocycles. The van der Waals surface area contributed by atoms with Crippen molar-refractivity contribution in [1.29, 1.82) is 0 Å². The monoisotopic (exact) mass is 387 g/mol. The lowest BCUT2D eigenvalue weighted by molar-refractivity contribution is -0.0245. The third kappa shape index (κ3) is 4.44. The molecule has 0 radical (unpaired) electrons. The van der Waals surface area contributed by atoms with Crippen LogP contribution in [-0.2, 0) is 14.8 Å². The number of rotatable bonds is 3. The fourth-order valence-electron chi connectivity index (χ4n) is 3.60. The average Bonchev–Trinajstić information content (AvgIpc) is 2.91. The van der Waals surface area contributed by atoms with Gasteiger partial charge in [-0.15, -0.1) is 0 Å². The van der Waals surface area contributed by atoms with Gasteiger partial charge in [0.15, 0.2) is 0 Å². The summed E-state index contributed by atoms with van der Waals surface area (Å²) in [5, 5.41) is 10.8. The van der Waals surface area contributed by atoms with E-state index in [9.17, 15) is 13.2 Å². The van der Waals surface area contributed by atoms with Gasteiger partial charge >= 0.3 is 6.03 Å². The van der Waals surface area contributed by atoms with Gasteiger partial charge in [-0.05, 0) is 37.5 Å². The van der Waals surface area contributed by atoms with Crippen molar-refractivity contribution >= 4 is 33.3 Å². The first-order valence-electron chi connectivity index (χ1n) is 8.31. The highest BCUT2D eigenvalue weighted by Gasteiger charge is 2.41. The van der Waals surface area contributed by atoms with Gasteiger partial charge < -0.3 is 15.4 Å². The standard InChI is InChI=1S/C16H22ClN3O4S/c17-13-5-4-12(25(18,22)23)8-14(13)20-15(21)19-11-9-16(24-10-11)6-2-1-3-7-16/h4-5,8,11H,1-3,6-7,9-10H2,(H2,18,22,23)(H2,19,20,21)/t11-/m1/s1. The molecule has 2 aliphatic rings. The zero-order valence-corrected chi connectivity index (χ0v) is 15.3. The number of primary sulfonamides is 1. The highest BCUT2D eigenvalue weighted by molar-refractivity contribution is 7.89. The van der Waals surface area contributed by atoms with Crippen molar-refractivity contribution in [3.05, 3.63) is 23.2 Å². The Morgan fingerprint density at radius 1 is 1.28 bits per heavy atom. The van der Waals surface area contributed by atoms with Gasteiger partial charge in [0, 0.05) is 0 Å². The summed E-state index contributed by atoms with van der Waals surface area (Å²) in [5.41, 5.74) is 0.0958. The van der Waals surface area contributed by atoms with Gasteiger partial charge in [-0.2, -0.15) is 0 Å². The number of sulfonamides is 1. The molecule has 138 valence electrons. The summed E-state index contributed by atoms with van der Waals surface area (Å²) < 4.78 is 28.8. The summed E-state index contributed by atoms with van der Waals surface area (Å²) in [6, 6.07) is 3.39. The Morgan fingerprint density at radius 2 is 2.00 bits per heavy atom. The van der Waals surface area contributed by atoms with Crippen LogP contribution in [0.25, 0.3) is 0 Å². The van der Waals surface area contributed by atoms with Crippen LogP contribution >= 0.6 is 11.6 Å². The molecule has 1 atom stereocenters. The van der Waals surface area contributed by atoms with E-state index in [0.29, 0.717) is 6.61 Å². The van der Waals surface area contributed by atoms with Gasteiger partial charge in [0.05, 0.1) is 33.9 Å². The van der Waals surface area contributed by atoms with E-state index < -0.39 is 16.1 Å². The minimum absolute atomic E-state index is 0.0710. The number of nitrogens with one attached hydrogen (secondary N) is 2. The number of carbonyl (C=O) groups excluding carboxylic acids is 1. The summed E-state index contributed by atoms with van der Waals surface area (Å²) in [6.45, 7) is 0.484. The number of amides is 2. The third-order valence-corrected chi connectivity index (χ3v) is 6.06. The second-order valence-corrected chi connectivity index (χ2v) is 8.71. The molecule has 1 saturated carbocycles. The SMILES string of the molecule is NS(=O)(=O)c1ccc(Cl)c(NC(=O)N[C@H]2COC3(CCCCC3)C2)c1. The van der Waals surface area contributed by atoms with Crippen LogP contribution in [0.2, 0.25) is 5.02 Å². The quantitative estimate of drug-likeness (QED) is 0.740. The van der Waals surface area contributed by atoms with E-state index >= 15 is 0 Å². The predicted octanol–water partition coefficient (Wildman–Crippen LogP) is 2.60. The van der Waals surface area contributed by atoms with Crippen LogP contribution in [0.4, 0.5) is 10.5 Å². The van der Waals surface area contributed by atoms with Gasteiger partial charge in [0.1, 0.15) is 0 Å². The van der Waals surface area contributed by atoms with Crippen molar-refractivity contribution in [2.75, 3.05) is 11.9 Å². The van der Waals surface area contributed by atoms with Crippen LogP contribution in [0.15, 0.2) is 23.1 Å². The van der Waals surface area contributed by atoms with E-state index in [-0.39, 0.29) is 27.2 Å². The Morgan fingerprint density at radius 3 is 2.68 bits per heavy atom. The van der Waals surface area contributed by atoms with Crippen LogP contribution in [-0.4, -0.2) is 32.7 Å². The molecule has 0 unspecified atom stereocenters. The van der Waals surface area contributed by atoms with E-state index in [1.54, 1.807) is 0 Å². The molecule has 1 saturated heterocycles. The minimum atomic E-state index is -3.87. The van der Waals surface area contributed by atoms with E-state index in [4.69, 9.17) is 21.5 Å². The van der Waals surface area contributed by atoms with Gasteiger partial charge in [0.25, 0.3) is 0 Å². The van der Waals surface area contributed by atoms with Gasteiger partial charge in [-0.3, -0.25) is 0 Å². The lowest BCUT2D eigenvalue weighted by Crippen LogP contribution is -2.39. The van der Waals surface area contributed by atoms with Crippen LogP contribution in [0, 0.1) is 0 Å². The number of hydrogen-bond donors (Lipinski definition) is 3. The molecule has 7 nitrogen and oxygen atoms in total. The summed E-state index contributed by atoms with van der Waals surface area (Å²) in [6.07, 6.45) is 6.43. The van der Waals surface area contributed by atoms with E-state index in [1.807, 2.05) is 0 Å². The number of ether oxygens (including phenoxy) is 1. The minimum Gasteiger partial charge on any atom is -0.373 e. The zero-order chi connectivity index (χ0) is 18.1. The van der Waals surface area contributed by atoms with Crippen molar-refractivity contribution in [2.45, 2.75) is 55.1 Å². The smallest absolute Gasteiger partial charge is 0.319 e. The van der Waals surface area contributed by atoms with Crippen LogP contribution in [0.5, 0.6) is 0 Å². The van der Waals surface area contributed by atoms with Crippen molar-refractivity contribution in [2.24, 2.45) is 5.14 Å². The number of carbonyl (C=O) groups is 1. The largest absolute Gasteiger partial charge is 0.373 e. The summed E-state index contributed by atoms with van der Waals surface area (Å²) >= 11 is 6.02. The summed E-state index contributed by atoms with van der Waals surface area (Å²) in [4.78, 5) is 12.1. The lowest BCUT2D eigenvalue weighted by atomic mass is 9.82. The van der Waals surface area contributed by atoms with Crippen LogP contribution in [0.3, 0.4) is 0 Å². The molecule has 4 N–H and O–H groups in total. The Hall–Kier alpha value is -1.35. The molecule has 3 rings (SSSR count). The molecule has 0 bridgehead atoms. The first-order chi connectivity index (χ1) is 11.8. The number of hydrogen-bond acceptors (Lipinski definition) is 4. The molecule has 9 heteroatoms. The number of anilines is 1. The Bertz CT molecular complexity index is 763. The lowest BCUT2D eigenvalue weighted by Gasteiger charge is -2.32. The van der Waals surface area contributed by atoms with Crippen molar-refractivity contribution in [3.63, 3.8) is 0 Å². The topological polar surface area (TPSA) is 111 Å². The first-order valence-corrected chi connectivity index (χ1v) is 10.2. The molecular formula is C16H22ClN3O4S. The molecule has 25 heavy (non-hydrogen) atoms. The summed E-state index contributed by atoms with van der Waals surface area (Å²) in [5.74, 6) is 0.